The Hall–Kier alpha value is -8.52. The van der Waals surface area contributed by atoms with E-state index in [2.05, 4.69) is 9.97 Å². The predicted molar refractivity (Wildman–Crippen MR) is 240 cm³/mol. The lowest BCUT2D eigenvalue weighted by atomic mass is 10.0. The molecule has 2 aliphatic rings. The number of aromatic amines is 2. The zero-order valence-electron chi connectivity index (χ0n) is 33.8. The molecule has 2 aliphatic heterocycles. The zero-order chi connectivity index (χ0) is 43.1. The number of nitro groups is 2. The van der Waals surface area contributed by atoms with E-state index in [9.17, 15) is 20.2 Å². The predicted octanol–water partition coefficient (Wildman–Crippen LogP) is 11.2. The van der Waals surface area contributed by atoms with Crippen LogP contribution in [0.3, 0.4) is 0 Å². The van der Waals surface area contributed by atoms with E-state index in [1.54, 1.807) is 38.5 Å². The first-order chi connectivity index (χ1) is 30.2. The van der Waals surface area contributed by atoms with Gasteiger partial charge in [-0.3, -0.25) is 20.2 Å². The average Bonchev–Trinajstić information content (AvgIpc) is 4.14. The summed E-state index contributed by atoms with van der Waals surface area (Å²) >= 11 is 0. The van der Waals surface area contributed by atoms with Gasteiger partial charge in [0, 0.05) is 56.5 Å². The first-order valence-electron chi connectivity index (χ1n) is 19.3. The van der Waals surface area contributed by atoms with Gasteiger partial charge >= 0.3 is 11.4 Å². The van der Waals surface area contributed by atoms with Gasteiger partial charge in [-0.1, -0.05) is 24.3 Å². The minimum atomic E-state index is -0.490. The second-order valence-electron chi connectivity index (χ2n) is 14.3. The third kappa shape index (κ3) is 6.94. The average molecular weight is 825 g/mol. The fourth-order valence-corrected chi connectivity index (χ4v) is 7.95. The van der Waals surface area contributed by atoms with Crippen LogP contribution in [-0.4, -0.2) is 58.2 Å². The van der Waals surface area contributed by atoms with Crippen LogP contribution in [0.15, 0.2) is 109 Å². The molecule has 0 atom stereocenters. The van der Waals surface area contributed by atoms with Crippen LogP contribution in [-0.2, 0) is 0 Å². The quantitative estimate of drug-likeness (QED) is 0.0995. The number of hydrogen-bond acceptors (Lipinski definition) is 10. The molecule has 0 spiro atoms. The van der Waals surface area contributed by atoms with Gasteiger partial charge < -0.3 is 28.9 Å². The molecule has 0 radical (unpaired) electrons. The molecule has 0 amide bonds. The van der Waals surface area contributed by atoms with Gasteiger partial charge in [0.05, 0.1) is 61.1 Å². The van der Waals surface area contributed by atoms with Crippen molar-refractivity contribution < 1.29 is 28.8 Å². The summed E-state index contributed by atoms with van der Waals surface area (Å²) in [6, 6.07) is 32.7. The fraction of sp³-hybridized carbons (Fsp3) is 0.0833. The Kier molecular flexibility index (Phi) is 10.0. The lowest BCUT2D eigenvalue weighted by molar-refractivity contribution is -0.385. The van der Waals surface area contributed by atoms with Gasteiger partial charge in [0.2, 0.25) is 0 Å². The van der Waals surface area contributed by atoms with Crippen molar-refractivity contribution in [3.8, 4) is 67.5 Å². The zero-order valence-corrected chi connectivity index (χ0v) is 33.8. The Balaban J connectivity index is 1.47. The van der Waals surface area contributed by atoms with Crippen LogP contribution in [0.2, 0.25) is 0 Å². The number of nitrogens with one attached hydrogen (secondary N) is 2. The van der Waals surface area contributed by atoms with Crippen LogP contribution in [0.25, 0.3) is 90.9 Å². The van der Waals surface area contributed by atoms with Crippen LogP contribution < -0.4 is 18.9 Å². The maximum absolute atomic E-state index is 12.0. The van der Waals surface area contributed by atoms with Gasteiger partial charge in [-0.25, -0.2) is 9.97 Å². The molecule has 0 unspecified atom stereocenters. The Labute approximate surface area is 353 Å². The standard InChI is InChI=1S/C48H36N6O8/c1-59-31-9-5-7-27(23-31)45-33-13-14-34(49-33)46(28-8-6-10-32(24-28)60-2)36-16-18-38(51-36)48(30-12-22-42(54(57)58)44(26-30)62-4)40-20-19-39(52-40)47(37-17-15-35(45)50-37)29-11-21-41(53(55)56)43(25-29)61-3/h5-26,49,52H,1-4H3. The van der Waals surface area contributed by atoms with Gasteiger partial charge in [-0.05, 0) is 119 Å². The lowest BCUT2D eigenvalue weighted by Gasteiger charge is -2.09. The number of methoxy groups -OCH3 is 4. The number of benzene rings is 4. The minimum absolute atomic E-state index is 0.0788. The van der Waals surface area contributed by atoms with Crippen molar-refractivity contribution in [3.63, 3.8) is 0 Å². The molecule has 0 fully saturated rings. The van der Waals surface area contributed by atoms with Crippen LogP contribution >= 0.6 is 0 Å². The van der Waals surface area contributed by atoms with E-state index in [4.69, 9.17) is 28.9 Å². The molecule has 0 saturated carbocycles. The third-order valence-corrected chi connectivity index (χ3v) is 10.8. The molecule has 7 aromatic rings. The molecule has 0 aliphatic carbocycles. The molecule has 62 heavy (non-hydrogen) atoms. The first kappa shape index (κ1) is 39.0. The van der Waals surface area contributed by atoms with Crippen molar-refractivity contribution >= 4 is 57.7 Å². The molecule has 4 aromatic carbocycles. The Morgan fingerprint density at radius 3 is 1.08 bits per heavy atom. The van der Waals surface area contributed by atoms with Crippen molar-refractivity contribution in [1.82, 2.24) is 19.9 Å². The van der Waals surface area contributed by atoms with Gasteiger partial charge in [-0.2, -0.15) is 0 Å². The summed E-state index contributed by atoms with van der Waals surface area (Å²) in [7, 11) is 6.02. The van der Waals surface area contributed by atoms with E-state index in [0.29, 0.717) is 67.6 Å². The summed E-state index contributed by atoms with van der Waals surface area (Å²) in [5.74, 6) is 1.49. The van der Waals surface area contributed by atoms with Gasteiger partial charge in [-0.15, -0.1) is 0 Å². The van der Waals surface area contributed by atoms with Gasteiger partial charge in [0.1, 0.15) is 11.5 Å². The highest BCUT2D eigenvalue weighted by molar-refractivity contribution is 6.00. The van der Waals surface area contributed by atoms with Crippen LogP contribution in [0.1, 0.15) is 22.8 Å². The maximum Gasteiger partial charge on any atom is 0.310 e. The number of aromatic nitrogens is 4. The van der Waals surface area contributed by atoms with Crippen LogP contribution in [0.5, 0.6) is 23.0 Å². The lowest BCUT2D eigenvalue weighted by Crippen LogP contribution is -1.95. The van der Waals surface area contributed by atoms with Crippen LogP contribution in [0, 0.1) is 20.2 Å². The topological polar surface area (TPSA) is 181 Å². The highest BCUT2D eigenvalue weighted by Gasteiger charge is 2.23. The monoisotopic (exact) mass is 824 g/mol. The summed E-state index contributed by atoms with van der Waals surface area (Å²) in [6.45, 7) is 0. The van der Waals surface area contributed by atoms with Crippen molar-refractivity contribution in [2.45, 2.75) is 0 Å². The normalized spacial score (nSPS) is 11.7. The molecule has 0 saturated heterocycles. The van der Waals surface area contributed by atoms with E-state index in [-0.39, 0.29) is 22.9 Å². The molecular formula is C48H36N6O8. The number of ether oxygens (including phenoxy) is 4. The summed E-state index contributed by atoms with van der Waals surface area (Å²) in [5.41, 5.74) is 10.6. The Morgan fingerprint density at radius 2 is 0.774 bits per heavy atom. The first-order valence-corrected chi connectivity index (χ1v) is 19.3. The largest absolute Gasteiger partial charge is 0.497 e. The molecule has 9 rings (SSSR count). The van der Waals surface area contributed by atoms with Crippen LogP contribution in [0.4, 0.5) is 11.4 Å². The fourth-order valence-electron chi connectivity index (χ4n) is 7.95. The van der Waals surface area contributed by atoms with Gasteiger partial charge in [0.15, 0.2) is 11.5 Å². The van der Waals surface area contributed by atoms with E-state index in [1.165, 1.54) is 26.4 Å². The Bertz CT molecular complexity index is 3010. The smallest absolute Gasteiger partial charge is 0.310 e. The SMILES string of the molecule is COc1cccc(-c2c3nc(c(-c4ccc([N+](=O)[O-])c(OC)c4)c4ccc([nH]4)c(-c4ccc([N+](=O)[O-])c(OC)c4)c4nc(c(-c5cccc(OC)c5)c5ccc2[nH]5)C=C4)C=C3)c1. The Morgan fingerprint density at radius 1 is 0.435 bits per heavy atom. The van der Waals surface area contributed by atoms with Gasteiger partial charge in [0.25, 0.3) is 0 Å². The minimum Gasteiger partial charge on any atom is -0.497 e. The molecule has 306 valence electrons. The highest BCUT2D eigenvalue weighted by Crippen LogP contribution is 2.42. The second kappa shape index (κ2) is 15.9. The number of H-pyrrole nitrogens is 2. The summed E-state index contributed by atoms with van der Waals surface area (Å²) in [5, 5.41) is 24.0. The van der Waals surface area contributed by atoms with E-state index < -0.39 is 9.85 Å². The van der Waals surface area contributed by atoms with Crippen molar-refractivity contribution in [2.24, 2.45) is 0 Å². The number of fused-ring (bicyclic) bond motifs is 8. The number of hydrogen-bond donors (Lipinski definition) is 2. The van der Waals surface area contributed by atoms with E-state index in [1.807, 2.05) is 97.1 Å². The molecule has 14 nitrogen and oxygen atoms in total. The maximum atomic E-state index is 12.0. The molecule has 14 heteroatoms. The number of rotatable bonds is 10. The van der Waals surface area contributed by atoms with E-state index in [0.717, 1.165) is 33.3 Å². The molecule has 8 bridgehead atoms. The molecule has 3 aromatic heterocycles. The summed E-state index contributed by atoms with van der Waals surface area (Å²) in [6.07, 6.45) is 7.69. The van der Waals surface area contributed by atoms with Crippen molar-refractivity contribution in [3.05, 3.63) is 152 Å². The van der Waals surface area contributed by atoms with E-state index >= 15 is 0 Å². The molecule has 2 N–H and O–H groups in total. The third-order valence-electron chi connectivity index (χ3n) is 10.8. The van der Waals surface area contributed by atoms with Crippen molar-refractivity contribution in [1.29, 1.82) is 0 Å². The number of nitro benzene ring substituents is 2. The number of nitrogens with zero attached hydrogens (tertiary/aromatic N) is 4. The second-order valence-corrected chi connectivity index (χ2v) is 14.3. The molecule has 5 heterocycles. The van der Waals surface area contributed by atoms with Crippen molar-refractivity contribution in [2.75, 3.05) is 28.4 Å². The summed E-state index contributed by atoms with van der Waals surface area (Å²) < 4.78 is 22.4. The highest BCUT2D eigenvalue weighted by atomic mass is 16.6. The summed E-state index contributed by atoms with van der Waals surface area (Å²) in [4.78, 5) is 40.8. The molecular weight excluding hydrogens is 789 g/mol.